The molecule has 0 aliphatic heterocycles. The lowest BCUT2D eigenvalue weighted by atomic mass is 10.2. The van der Waals surface area contributed by atoms with Gasteiger partial charge in [0.05, 0.1) is 12.8 Å². The molecule has 1 aromatic rings. The average Bonchev–Trinajstić information content (AvgIpc) is 2.75. The van der Waals surface area contributed by atoms with Crippen molar-refractivity contribution in [2.45, 2.75) is 26.8 Å². The van der Waals surface area contributed by atoms with Gasteiger partial charge in [0.1, 0.15) is 5.76 Å². The largest absolute Gasteiger partial charge is 0.468 e. The molecule has 1 heterocycles. The highest BCUT2D eigenvalue weighted by molar-refractivity contribution is 7.99. The Morgan fingerprint density at radius 1 is 1.53 bits per heavy atom. The molecular formula is C12H21NOS. The minimum absolute atomic E-state index is 0.844. The smallest absolute Gasteiger partial charge is 0.117 e. The van der Waals surface area contributed by atoms with E-state index in [4.69, 9.17) is 4.42 Å². The quantitative estimate of drug-likeness (QED) is 0.691. The number of hydrogen-bond donors (Lipinski definition) is 1. The molecule has 0 bridgehead atoms. The van der Waals surface area contributed by atoms with Crippen molar-refractivity contribution in [2.75, 3.05) is 18.1 Å². The molecule has 0 radical (unpaired) electrons. The summed E-state index contributed by atoms with van der Waals surface area (Å²) in [6.07, 6.45) is 3.00. The summed E-state index contributed by atoms with van der Waals surface area (Å²) in [4.78, 5) is 0. The summed E-state index contributed by atoms with van der Waals surface area (Å²) in [5, 5.41) is 3.36. The van der Waals surface area contributed by atoms with Crippen LogP contribution in [0.4, 0.5) is 0 Å². The van der Waals surface area contributed by atoms with Gasteiger partial charge in [0, 0.05) is 12.3 Å². The lowest BCUT2D eigenvalue weighted by Crippen LogP contribution is -2.16. The molecule has 3 heteroatoms. The number of furan rings is 1. The standard InChI is InChI=1S/C12H21NOS/c1-3-11(2)10-15-8-6-13-9-12-5-4-7-14-12/h4-5,7,11,13H,3,6,8-10H2,1-2H3. The Hall–Kier alpha value is -0.410. The van der Waals surface area contributed by atoms with Gasteiger partial charge in [-0.05, 0) is 23.8 Å². The maximum Gasteiger partial charge on any atom is 0.117 e. The van der Waals surface area contributed by atoms with Gasteiger partial charge in [-0.1, -0.05) is 20.3 Å². The molecule has 86 valence electrons. The summed E-state index contributed by atoms with van der Waals surface area (Å²) >= 11 is 2.03. The van der Waals surface area contributed by atoms with Crippen molar-refractivity contribution in [3.63, 3.8) is 0 Å². The van der Waals surface area contributed by atoms with Gasteiger partial charge in [0.15, 0.2) is 0 Å². The summed E-state index contributed by atoms with van der Waals surface area (Å²) in [5.74, 6) is 4.33. The van der Waals surface area contributed by atoms with Gasteiger partial charge in [-0.2, -0.15) is 11.8 Å². The van der Waals surface area contributed by atoms with Crippen molar-refractivity contribution >= 4 is 11.8 Å². The van der Waals surface area contributed by atoms with Crippen LogP contribution >= 0.6 is 11.8 Å². The molecule has 0 spiro atoms. The molecule has 1 rings (SSSR count). The van der Waals surface area contributed by atoms with Gasteiger partial charge in [-0.3, -0.25) is 0 Å². The molecule has 1 aromatic heterocycles. The van der Waals surface area contributed by atoms with Crippen molar-refractivity contribution < 1.29 is 4.42 Å². The Bertz CT molecular complexity index is 236. The molecule has 0 saturated carbocycles. The van der Waals surface area contributed by atoms with E-state index in [1.807, 2.05) is 23.9 Å². The Morgan fingerprint density at radius 3 is 3.07 bits per heavy atom. The summed E-state index contributed by atoms with van der Waals surface area (Å²) in [7, 11) is 0. The molecule has 1 N–H and O–H groups in total. The molecule has 0 fully saturated rings. The molecule has 0 amide bonds. The monoisotopic (exact) mass is 227 g/mol. The van der Waals surface area contributed by atoms with Crippen LogP contribution in [0.2, 0.25) is 0 Å². The van der Waals surface area contributed by atoms with Gasteiger partial charge in [-0.25, -0.2) is 0 Å². The van der Waals surface area contributed by atoms with Crippen LogP contribution in [0, 0.1) is 5.92 Å². The zero-order valence-electron chi connectivity index (χ0n) is 9.66. The third-order valence-corrected chi connectivity index (χ3v) is 3.70. The summed E-state index contributed by atoms with van der Waals surface area (Å²) in [5.41, 5.74) is 0. The average molecular weight is 227 g/mol. The van der Waals surface area contributed by atoms with E-state index in [0.29, 0.717) is 0 Å². The second-order valence-electron chi connectivity index (χ2n) is 3.84. The first kappa shape index (κ1) is 12.7. The molecule has 0 aliphatic carbocycles. The van der Waals surface area contributed by atoms with E-state index in [2.05, 4.69) is 19.2 Å². The highest BCUT2D eigenvalue weighted by atomic mass is 32.2. The molecule has 0 aliphatic rings. The molecule has 0 saturated heterocycles. The molecule has 1 unspecified atom stereocenters. The first-order valence-corrected chi connectivity index (χ1v) is 6.79. The molecular weight excluding hydrogens is 206 g/mol. The van der Waals surface area contributed by atoms with Crippen molar-refractivity contribution in [1.29, 1.82) is 0 Å². The molecule has 1 atom stereocenters. The van der Waals surface area contributed by atoms with E-state index >= 15 is 0 Å². The van der Waals surface area contributed by atoms with Crippen LogP contribution in [0.3, 0.4) is 0 Å². The SMILES string of the molecule is CCC(C)CSCCNCc1ccco1. The second kappa shape index (κ2) is 7.83. The minimum Gasteiger partial charge on any atom is -0.468 e. The van der Waals surface area contributed by atoms with Crippen LogP contribution in [0.1, 0.15) is 26.0 Å². The van der Waals surface area contributed by atoms with Crippen molar-refractivity contribution in [2.24, 2.45) is 5.92 Å². The van der Waals surface area contributed by atoms with Gasteiger partial charge >= 0.3 is 0 Å². The van der Waals surface area contributed by atoms with Crippen LogP contribution in [0.5, 0.6) is 0 Å². The van der Waals surface area contributed by atoms with Crippen LogP contribution < -0.4 is 5.32 Å². The molecule has 2 nitrogen and oxygen atoms in total. The Labute approximate surface area is 96.8 Å². The zero-order valence-corrected chi connectivity index (χ0v) is 10.5. The van der Waals surface area contributed by atoms with E-state index in [9.17, 15) is 0 Å². The van der Waals surface area contributed by atoms with E-state index in [-0.39, 0.29) is 0 Å². The third kappa shape index (κ3) is 5.90. The van der Waals surface area contributed by atoms with Crippen molar-refractivity contribution in [1.82, 2.24) is 5.32 Å². The lowest BCUT2D eigenvalue weighted by molar-refractivity contribution is 0.488. The van der Waals surface area contributed by atoms with E-state index in [0.717, 1.165) is 24.8 Å². The van der Waals surface area contributed by atoms with E-state index in [1.54, 1.807) is 6.26 Å². The fourth-order valence-electron chi connectivity index (χ4n) is 1.17. The van der Waals surface area contributed by atoms with Crippen molar-refractivity contribution in [3.05, 3.63) is 24.2 Å². The second-order valence-corrected chi connectivity index (χ2v) is 4.99. The fourth-order valence-corrected chi connectivity index (χ4v) is 2.26. The van der Waals surface area contributed by atoms with Gasteiger partial charge < -0.3 is 9.73 Å². The van der Waals surface area contributed by atoms with Crippen molar-refractivity contribution in [3.8, 4) is 0 Å². The van der Waals surface area contributed by atoms with Crippen LogP contribution in [-0.4, -0.2) is 18.1 Å². The fraction of sp³-hybridized carbons (Fsp3) is 0.667. The number of rotatable bonds is 8. The van der Waals surface area contributed by atoms with E-state index < -0.39 is 0 Å². The Morgan fingerprint density at radius 2 is 2.40 bits per heavy atom. The van der Waals surface area contributed by atoms with Gasteiger partial charge in [0.25, 0.3) is 0 Å². The minimum atomic E-state index is 0.844. The van der Waals surface area contributed by atoms with Gasteiger partial charge in [0.2, 0.25) is 0 Å². The summed E-state index contributed by atoms with van der Waals surface area (Å²) in [6.45, 7) is 6.46. The predicted molar refractivity (Wildman–Crippen MR) is 67.2 cm³/mol. The maximum atomic E-state index is 5.23. The molecule has 0 aromatic carbocycles. The normalized spacial score (nSPS) is 12.9. The van der Waals surface area contributed by atoms with E-state index in [1.165, 1.54) is 17.9 Å². The molecule has 15 heavy (non-hydrogen) atoms. The third-order valence-electron chi connectivity index (χ3n) is 2.40. The number of hydrogen-bond acceptors (Lipinski definition) is 3. The highest BCUT2D eigenvalue weighted by Gasteiger charge is 1.98. The summed E-state index contributed by atoms with van der Waals surface area (Å²) < 4.78 is 5.23. The zero-order chi connectivity index (χ0) is 10.9. The first-order chi connectivity index (χ1) is 7.33. The highest BCUT2D eigenvalue weighted by Crippen LogP contribution is 2.10. The Kier molecular flexibility index (Phi) is 6.60. The van der Waals surface area contributed by atoms with Crippen LogP contribution in [-0.2, 0) is 6.54 Å². The lowest BCUT2D eigenvalue weighted by Gasteiger charge is -2.07. The predicted octanol–water partition coefficient (Wildman–Crippen LogP) is 3.15. The van der Waals surface area contributed by atoms with Gasteiger partial charge in [-0.15, -0.1) is 0 Å². The van der Waals surface area contributed by atoms with Crippen LogP contribution in [0.25, 0.3) is 0 Å². The topological polar surface area (TPSA) is 25.2 Å². The Balaban J connectivity index is 1.89. The first-order valence-electron chi connectivity index (χ1n) is 5.63. The van der Waals surface area contributed by atoms with Crippen LogP contribution in [0.15, 0.2) is 22.8 Å². The summed E-state index contributed by atoms with van der Waals surface area (Å²) in [6, 6.07) is 3.92. The number of nitrogens with one attached hydrogen (secondary N) is 1. The maximum absolute atomic E-state index is 5.23. The number of thioether (sulfide) groups is 1.